The maximum absolute atomic E-state index is 4.66. The zero-order chi connectivity index (χ0) is 29.3. The van der Waals surface area contributed by atoms with Crippen molar-refractivity contribution < 1.29 is 0 Å². The third-order valence-electron chi connectivity index (χ3n) is 9.88. The number of aromatic nitrogens is 6. The normalized spacial score (nSPS) is 21.5. The fourth-order valence-corrected chi connectivity index (χ4v) is 7.83. The van der Waals surface area contributed by atoms with Crippen molar-refractivity contribution in [3.63, 3.8) is 0 Å². The quantitative estimate of drug-likeness (QED) is 0.217. The maximum Gasteiger partial charge on any atom is 0.137 e. The van der Waals surface area contributed by atoms with Gasteiger partial charge in [-0.15, -0.1) is 10.2 Å². The number of hydrogen-bond acceptors (Lipinski definition) is 6. The molecule has 2 aliphatic heterocycles. The Kier molecular flexibility index (Phi) is 7.37. The molecule has 6 aromatic rings. The second-order valence-electron chi connectivity index (χ2n) is 12.5. The van der Waals surface area contributed by atoms with Gasteiger partial charge in [-0.2, -0.15) is 5.10 Å². The molecule has 8 heteroatoms. The van der Waals surface area contributed by atoms with Gasteiger partial charge in [0.05, 0.1) is 12.1 Å². The lowest BCUT2D eigenvalue weighted by Crippen LogP contribution is -2.53. The summed E-state index contributed by atoms with van der Waals surface area (Å²) in [5.74, 6) is 0.883. The van der Waals surface area contributed by atoms with Gasteiger partial charge in [0, 0.05) is 26.2 Å². The molecule has 222 valence electrons. The minimum absolute atomic E-state index is 0.146. The maximum atomic E-state index is 4.66. The summed E-state index contributed by atoms with van der Waals surface area (Å²) in [7, 11) is 0. The summed E-state index contributed by atoms with van der Waals surface area (Å²) < 4.78 is 4.30. The van der Waals surface area contributed by atoms with Gasteiger partial charge >= 0.3 is 0 Å². The van der Waals surface area contributed by atoms with Crippen LogP contribution in [0.4, 0.5) is 0 Å². The van der Waals surface area contributed by atoms with Gasteiger partial charge in [-0.25, -0.2) is 19.7 Å². The fraction of sp³-hybridized carbons (Fsp3) is 0.333. The molecular weight excluding hydrogens is 544 g/mol. The van der Waals surface area contributed by atoms with Crippen molar-refractivity contribution >= 4 is 21.5 Å². The van der Waals surface area contributed by atoms with Crippen molar-refractivity contribution in [3.8, 4) is 0 Å². The molecule has 2 fully saturated rings. The molecule has 0 spiro atoms. The second kappa shape index (κ2) is 11.9. The molecule has 0 amide bonds. The van der Waals surface area contributed by atoms with E-state index < -0.39 is 0 Å². The average Bonchev–Trinajstić information content (AvgIpc) is 3.81. The monoisotopic (exact) mass is 582 g/mol. The highest BCUT2D eigenvalue weighted by Crippen LogP contribution is 2.38. The smallest absolute Gasteiger partial charge is 0.137 e. The van der Waals surface area contributed by atoms with Crippen LogP contribution in [0.25, 0.3) is 21.5 Å². The van der Waals surface area contributed by atoms with Gasteiger partial charge in [0.25, 0.3) is 0 Å². The number of rotatable bonds is 7. The first-order valence-corrected chi connectivity index (χ1v) is 16.0. The topological polar surface area (TPSA) is 67.9 Å². The van der Waals surface area contributed by atoms with E-state index in [-0.39, 0.29) is 12.1 Å². The summed E-state index contributed by atoms with van der Waals surface area (Å²) in [6, 6.07) is 31.4. The number of hydrazine groups is 1. The van der Waals surface area contributed by atoms with Crippen LogP contribution in [0.1, 0.15) is 48.9 Å². The summed E-state index contributed by atoms with van der Waals surface area (Å²) in [4.78, 5) is 4.35. The van der Waals surface area contributed by atoms with E-state index in [1.54, 1.807) is 6.33 Å². The number of piperidine rings is 2. The molecule has 0 saturated carbocycles. The summed E-state index contributed by atoms with van der Waals surface area (Å²) in [6.45, 7) is 4.22. The predicted molar refractivity (Wildman–Crippen MR) is 173 cm³/mol. The number of nitrogens with zero attached hydrogens (tertiary/aromatic N) is 8. The molecule has 2 aliphatic rings. The summed E-state index contributed by atoms with van der Waals surface area (Å²) in [5, 5.41) is 23.5. The summed E-state index contributed by atoms with van der Waals surface area (Å²) >= 11 is 0. The summed E-state index contributed by atoms with van der Waals surface area (Å²) in [5.41, 5.74) is 2.64. The first-order valence-electron chi connectivity index (χ1n) is 16.0. The van der Waals surface area contributed by atoms with Crippen LogP contribution >= 0.6 is 0 Å². The largest absolute Gasteiger partial charge is 0.312 e. The van der Waals surface area contributed by atoms with Gasteiger partial charge < -0.3 is 4.57 Å². The Balaban J connectivity index is 1.06. The lowest BCUT2D eigenvalue weighted by atomic mass is 9.85. The second-order valence-corrected chi connectivity index (χ2v) is 12.5. The molecule has 0 N–H and O–H groups in total. The molecular formula is C36H38N8. The van der Waals surface area contributed by atoms with E-state index in [9.17, 15) is 0 Å². The molecule has 0 aliphatic carbocycles. The van der Waals surface area contributed by atoms with Crippen LogP contribution in [0.5, 0.6) is 0 Å². The zero-order valence-electron chi connectivity index (χ0n) is 24.9. The molecule has 2 aromatic heterocycles. The summed E-state index contributed by atoms with van der Waals surface area (Å²) in [6.07, 6.45) is 12.0. The molecule has 0 bridgehead atoms. The third kappa shape index (κ3) is 5.29. The first kappa shape index (κ1) is 27.2. The van der Waals surface area contributed by atoms with Crippen molar-refractivity contribution in [1.82, 2.24) is 39.5 Å². The van der Waals surface area contributed by atoms with E-state index in [2.05, 4.69) is 124 Å². The van der Waals surface area contributed by atoms with Crippen molar-refractivity contribution in [3.05, 3.63) is 121 Å². The third-order valence-corrected chi connectivity index (χ3v) is 9.88. The van der Waals surface area contributed by atoms with Crippen LogP contribution in [-0.2, 0) is 0 Å². The first-order chi connectivity index (χ1) is 21.8. The Morgan fingerprint density at radius 1 is 0.591 bits per heavy atom. The Hall–Kier alpha value is -4.40. The van der Waals surface area contributed by atoms with E-state index in [4.69, 9.17) is 0 Å². The van der Waals surface area contributed by atoms with Crippen LogP contribution in [0.15, 0.2) is 110 Å². The lowest BCUT2D eigenvalue weighted by molar-refractivity contribution is -0.0874. The SMILES string of the molecule is c1ccc2cc(C([C@H]3CCCN(N4CCC[C@H](C(c5ccc6ccccc6c5)n5cncn5)C4)C3)n3cnnc3)ccc2c1. The van der Waals surface area contributed by atoms with Crippen LogP contribution < -0.4 is 0 Å². The van der Waals surface area contributed by atoms with Gasteiger partial charge in [-0.1, -0.05) is 72.8 Å². The zero-order valence-corrected chi connectivity index (χ0v) is 24.9. The highest BCUT2D eigenvalue weighted by Gasteiger charge is 2.36. The predicted octanol–water partition coefficient (Wildman–Crippen LogP) is 6.39. The van der Waals surface area contributed by atoms with E-state index in [0.717, 1.165) is 26.2 Å². The average molecular weight is 583 g/mol. The number of hydrogen-bond donors (Lipinski definition) is 0. The van der Waals surface area contributed by atoms with E-state index in [1.165, 1.54) is 58.4 Å². The number of fused-ring (bicyclic) bond motifs is 2. The molecule has 2 unspecified atom stereocenters. The molecule has 8 rings (SSSR count). The molecule has 4 atom stereocenters. The van der Waals surface area contributed by atoms with Gasteiger partial charge in [0.15, 0.2) is 0 Å². The van der Waals surface area contributed by atoms with Crippen molar-refractivity contribution in [2.75, 3.05) is 26.2 Å². The minimum atomic E-state index is 0.146. The Bertz CT molecular complexity index is 1700. The molecule has 2 saturated heterocycles. The van der Waals surface area contributed by atoms with Crippen molar-refractivity contribution in [2.24, 2.45) is 11.8 Å². The van der Waals surface area contributed by atoms with Crippen molar-refractivity contribution in [1.29, 1.82) is 0 Å². The Morgan fingerprint density at radius 3 is 1.70 bits per heavy atom. The van der Waals surface area contributed by atoms with Crippen LogP contribution in [-0.4, -0.2) is 65.7 Å². The molecule has 4 aromatic carbocycles. The Labute approximate surface area is 257 Å². The molecule has 8 nitrogen and oxygen atoms in total. The highest BCUT2D eigenvalue weighted by atomic mass is 15.6. The van der Waals surface area contributed by atoms with Gasteiger partial charge in [0.2, 0.25) is 0 Å². The van der Waals surface area contributed by atoms with Gasteiger partial charge in [0.1, 0.15) is 25.3 Å². The van der Waals surface area contributed by atoms with E-state index in [0.29, 0.717) is 11.8 Å². The van der Waals surface area contributed by atoms with Gasteiger partial charge in [-0.3, -0.25) is 0 Å². The molecule has 44 heavy (non-hydrogen) atoms. The van der Waals surface area contributed by atoms with Crippen LogP contribution in [0.3, 0.4) is 0 Å². The Morgan fingerprint density at radius 2 is 1.14 bits per heavy atom. The van der Waals surface area contributed by atoms with Crippen LogP contribution in [0, 0.1) is 11.8 Å². The highest BCUT2D eigenvalue weighted by molar-refractivity contribution is 5.83. The minimum Gasteiger partial charge on any atom is -0.312 e. The number of benzene rings is 4. The van der Waals surface area contributed by atoms with Crippen molar-refractivity contribution in [2.45, 2.75) is 37.8 Å². The fourth-order valence-electron chi connectivity index (χ4n) is 7.83. The van der Waals surface area contributed by atoms with E-state index >= 15 is 0 Å². The lowest BCUT2D eigenvalue weighted by Gasteiger charge is -2.46. The van der Waals surface area contributed by atoms with Gasteiger partial charge in [-0.05, 0) is 82.3 Å². The van der Waals surface area contributed by atoms with E-state index in [1.807, 2.05) is 19.0 Å². The van der Waals surface area contributed by atoms with Crippen LogP contribution in [0.2, 0.25) is 0 Å². The molecule has 4 heterocycles. The standard InChI is InChI=1S/C36H38N8/c1-3-9-29-19-31(15-13-27(29)7-1)35(41-25-38-39-26-41)33-11-5-17-42(21-33)43-18-6-12-34(22-43)36(44-24-37-23-40-44)32-16-14-28-8-2-4-10-30(28)20-32/h1-4,7-10,13-16,19-20,23-26,33-36H,5-6,11-12,17-18,21-22H2/t33-,34-,35?,36?/m0/s1. The molecule has 0 radical (unpaired) electrons.